The van der Waals surface area contributed by atoms with E-state index in [9.17, 15) is 4.79 Å². The zero-order chi connectivity index (χ0) is 13.3. The van der Waals surface area contributed by atoms with E-state index in [0.717, 1.165) is 24.2 Å². The molecule has 0 bridgehead atoms. The van der Waals surface area contributed by atoms with E-state index in [2.05, 4.69) is 6.07 Å². The summed E-state index contributed by atoms with van der Waals surface area (Å²) in [5.41, 5.74) is 2.32. The van der Waals surface area contributed by atoms with Gasteiger partial charge in [-0.05, 0) is 48.8 Å². The van der Waals surface area contributed by atoms with Gasteiger partial charge in [0.05, 0.1) is 12.5 Å². The Kier molecular flexibility index (Phi) is 3.02. The van der Waals surface area contributed by atoms with Gasteiger partial charge in [-0.25, -0.2) is 0 Å². The lowest BCUT2D eigenvalue weighted by Crippen LogP contribution is -2.39. The van der Waals surface area contributed by atoms with Crippen LogP contribution < -0.4 is 0 Å². The fraction of sp³-hybridized carbons (Fsp3) is 0.500. The number of hydrogen-bond acceptors (Lipinski definition) is 2. The van der Waals surface area contributed by atoms with Gasteiger partial charge in [0.15, 0.2) is 0 Å². The van der Waals surface area contributed by atoms with E-state index in [1.165, 1.54) is 25.7 Å². The number of nitrogens with zero attached hydrogens (tertiary/aromatic N) is 2. The molecule has 1 aliphatic heterocycles. The van der Waals surface area contributed by atoms with Crippen LogP contribution in [0.1, 0.15) is 41.6 Å². The van der Waals surface area contributed by atoms with Crippen molar-refractivity contribution in [2.75, 3.05) is 13.1 Å². The second-order valence-corrected chi connectivity index (χ2v) is 5.82. The summed E-state index contributed by atoms with van der Waals surface area (Å²) < 4.78 is 0. The summed E-state index contributed by atoms with van der Waals surface area (Å²) >= 11 is 0. The second kappa shape index (κ2) is 4.70. The van der Waals surface area contributed by atoms with Crippen LogP contribution in [-0.4, -0.2) is 23.9 Å². The number of likely N-dealkylation sites (tertiary alicyclic amines) is 1. The van der Waals surface area contributed by atoms with Gasteiger partial charge in [0.2, 0.25) is 0 Å². The van der Waals surface area contributed by atoms with Gasteiger partial charge < -0.3 is 4.90 Å². The Hall–Kier alpha value is -1.82. The van der Waals surface area contributed by atoms with Crippen molar-refractivity contribution in [3.8, 4) is 6.07 Å². The van der Waals surface area contributed by atoms with Crippen molar-refractivity contribution < 1.29 is 4.79 Å². The number of carbonyl (C=O) groups excluding carboxylic acids is 1. The molecule has 3 nitrogen and oxygen atoms in total. The van der Waals surface area contributed by atoms with Crippen molar-refractivity contribution >= 4 is 5.91 Å². The van der Waals surface area contributed by atoms with Crippen LogP contribution in [0.5, 0.6) is 0 Å². The predicted octanol–water partition coefficient (Wildman–Crippen LogP) is 2.77. The van der Waals surface area contributed by atoms with Crippen LogP contribution in [0.3, 0.4) is 0 Å². The SMILES string of the molecule is N#CCc1ccc(C(=O)N2CCC3(CC2)CC3)cc1. The normalized spacial score (nSPS) is 20.1. The summed E-state index contributed by atoms with van der Waals surface area (Å²) in [5, 5.41) is 8.63. The van der Waals surface area contributed by atoms with Crippen LogP contribution >= 0.6 is 0 Å². The first-order valence-corrected chi connectivity index (χ1v) is 6.98. The number of nitriles is 1. The lowest BCUT2D eigenvalue weighted by molar-refractivity contribution is 0.0678. The van der Waals surface area contributed by atoms with E-state index in [0.29, 0.717) is 11.8 Å². The fourth-order valence-corrected chi connectivity index (χ4v) is 2.90. The Morgan fingerprint density at radius 3 is 2.32 bits per heavy atom. The van der Waals surface area contributed by atoms with Crippen molar-refractivity contribution in [1.82, 2.24) is 4.90 Å². The lowest BCUT2D eigenvalue weighted by atomic mass is 9.93. The van der Waals surface area contributed by atoms with Crippen molar-refractivity contribution in [3.63, 3.8) is 0 Å². The Balaban J connectivity index is 1.65. The first-order chi connectivity index (χ1) is 9.22. The number of rotatable bonds is 2. The highest BCUT2D eigenvalue weighted by molar-refractivity contribution is 5.94. The van der Waals surface area contributed by atoms with Gasteiger partial charge in [-0.15, -0.1) is 0 Å². The highest BCUT2D eigenvalue weighted by atomic mass is 16.2. The predicted molar refractivity (Wildman–Crippen MR) is 72.6 cm³/mol. The zero-order valence-electron chi connectivity index (χ0n) is 11.1. The standard InChI is InChI=1S/C16H18N2O/c17-10-5-13-1-3-14(4-2-13)15(19)18-11-8-16(6-7-16)9-12-18/h1-4H,5-9,11-12H2. The summed E-state index contributed by atoms with van der Waals surface area (Å²) in [6.07, 6.45) is 5.47. The average molecular weight is 254 g/mol. The minimum absolute atomic E-state index is 0.138. The smallest absolute Gasteiger partial charge is 0.253 e. The monoisotopic (exact) mass is 254 g/mol. The third-order valence-electron chi connectivity index (χ3n) is 4.55. The minimum atomic E-state index is 0.138. The molecule has 0 radical (unpaired) electrons. The molecular weight excluding hydrogens is 236 g/mol. The number of amides is 1. The fourth-order valence-electron chi connectivity index (χ4n) is 2.90. The molecule has 1 spiro atoms. The second-order valence-electron chi connectivity index (χ2n) is 5.82. The molecule has 1 saturated carbocycles. The van der Waals surface area contributed by atoms with Crippen LogP contribution in [0.2, 0.25) is 0 Å². The number of benzene rings is 1. The van der Waals surface area contributed by atoms with Crippen LogP contribution in [0.25, 0.3) is 0 Å². The van der Waals surface area contributed by atoms with E-state index in [1.807, 2.05) is 29.2 Å². The molecule has 1 heterocycles. The van der Waals surface area contributed by atoms with E-state index < -0.39 is 0 Å². The summed E-state index contributed by atoms with van der Waals surface area (Å²) in [5.74, 6) is 0.138. The van der Waals surface area contributed by atoms with Gasteiger partial charge in [0, 0.05) is 18.7 Å². The summed E-state index contributed by atoms with van der Waals surface area (Å²) in [6, 6.07) is 9.56. The van der Waals surface area contributed by atoms with Crippen molar-refractivity contribution in [3.05, 3.63) is 35.4 Å². The molecular formula is C16H18N2O. The molecule has 0 aromatic heterocycles. The van der Waals surface area contributed by atoms with Crippen LogP contribution in [0.15, 0.2) is 24.3 Å². The van der Waals surface area contributed by atoms with Crippen LogP contribution in [-0.2, 0) is 6.42 Å². The quantitative estimate of drug-likeness (QED) is 0.814. The van der Waals surface area contributed by atoms with Gasteiger partial charge in [0.25, 0.3) is 5.91 Å². The molecule has 0 N–H and O–H groups in total. The van der Waals surface area contributed by atoms with Crippen molar-refractivity contribution in [1.29, 1.82) is 5.26 Å². The van der Waals surface area contributed by atoms with Gasteiger partial charge >= 0.3 is 0 Å². The maximum absolute atomic E-state index is 12.4. The molecule has 19 heavy (non-hydrogen) atoms. The molecule has 2 fully saturated rings. The van der Waals surface area contributed by atoms with Gasteiger partial charge in [-0.3, -0.25) is 4.79 Å². The number of carbonyl (C=O) groups is 1. The van der Waals surface area contributed by atoms with Crippen LogP contribution in [0.4, 0.5) is 0 Å². The zero-order valence-corrected chi connectivity index (χ0v) is 11.1. The highest BCUT2D eigenvalue weighted by Crippen LogP contribution is 2.53. The number of hydrogen-bond donors (Lipinski definition) is 0. The molecule has 1 aromatic carbocycles. The molecule has 1 aromatic rings. The van der Waals surface area contributed by atoms with Crippen molar-refractivity contribution in [2.45, 2.75) is 32.1 Å². The highest BCUT2D eigenvalue weighted by Gasteiger charge is 2.45. The van der Waals surface area contributed by atoms with Crippen LogP contribution in [0, 0.1) is 16.7 Å². The van der Waals surface area contributed by atoms with Gasteiger partial charge in [-0.1, -0.05) is 12.1 Å². The molecule has 3 heteroatoms. The molecule has 0 unspecified atom stereocenters. The average Bonchev–Trinajstić information content (AvgIpc) is 3.20. The third kappa shape index (κ3) is 2.49. The Labute approximate surface area is 113 Å². The Morgan fingerprint density at radius 2 is 1.79 bits per heavy atom. The molecule has 2 aliphatic rings. The molecule has 1 amide bonds. The Bertz CT molecular complexity index is 513. The minimum Gasteiger partial charge on any atom is -0.339 e. The van der Waals surface area contributed by atoms with E-state index in [1.54, 1.807) is 0 Å². The van der Waals surface area contributed by atoms with Crippen molar-refractivity contribution in [2.24, 2.45) is 5.41 Å². The number of piperidine rings is 1. The maximum Gasteiger partial charge on any atom is 0.253 e. The Morgan fingerprint density at radius 1 is 1.16 bits per heavy atom. The first kappa shape index (κ1) is 12.2. The largest absolute Gasteiger partial charge is 0.339 e. The summed E-state index contributed by atoms with van der Waals surface area (Å²) in [6.45, 7) is 1.80. The lowest BCUT2D eigenvalue weighted by Gasteiger charge is -2.32. The summed E-state index contributed by atoms with van der Waals surface area (Å²) in [4.78, 5) is 14.3. The topological polar surface area (TPSA) is 44.1 Å². The molecule has 1 saturated heterocycles. The molecule has 1 aliphatic carbocycles. The van der Waals surface area contributed by atoms with E-state index >= 15 is 0 Å². The third-order valence-corrected chi connectivity index (χ3v) is 4.55. The van der Waals surface area contributed by atoms with Gasteiger partial charge in [0.1, 0.15) is 0 Å². The molecule has 3 rings (SSSR count). The molecule has 0 atom stereocenters. The van der Waals surface area contributed by atoms with E-state index in [-0.39, 0.29) is 5.91 Å². The van der Waals surface area contributed by atoms with E-state index in [4.69, 9.17) is 5.26 Å². The summed E-state index contributed by atoms with van der Waals surface area (Å²) in [7, 11) is 0. The first-order valence-electron chi connectivity index (χ1n) is 6.98. The van der Waals surface area contributed by atoms with Gasteiger partial charge in [-0.2, -0.15) is 5.26 Å². The maximum atomic E-state index is 12.4. The molecule has 98 valence electrons.